The zero-order chi connectivity index (χ0) is 17.6. The van der Waals surface area contributed by atoms with E-state index in [-0.39, 0.29) is 11.8 Å². The molecule has 25 heavy (non-hydrogen) atoms. The van der Waals surface area contributed by atoms with Crippen LogP contribution in [0.4, 0.5) is 4.79 Å². The molecule has 0 radical (unpaired) electrons. The Balaban J connectivity index is 1.81. The Morgan fingerprint density at radius 3 is 2.16 bits per heavy atom. The second kappa shape index (κ2) is 7.97. The summed E-state index contributed by atoms with van der Waals surface area (Å²) in [5.74, 6) is -0.0929. The third-order valence-corrected chi connectivity index (χ3v) is 5.03. The molecule has 1 unspecified atom stereocenters. The predicted octanol–water partition coefficient (Wildman–Crippen LogP) is 4.21. The second-order valence-electron chi connectivity index (χ2n) is 6.78. The van der Waals surface area contributed by atoms with Gasteiger partial charge in [0.2, 0.25) is 5.91 Å². The Hall–Kier alpha value is -2.62. The molecule has 1 aliphatic rings. The number of carbonyl (C=O) groups is 2. The van der Waals surface area contributed by atoms with E-state index in [0.29, 0.717) is 5.92 Å². The number of nitrogens with one attached hydrogen (secondary N) is 1. The summed E-state index contributed by atoms with van der Waals surface area (Å²) >= 11 is 0. The monoisotopic (exact) mass is 336 g/mol. The van der Waals surface area contributed by atoms with Crippen molar-refractivity contribution in [2.24, 2.45) is 11.7 Å². The van der Waals surface area contributed by atoms with E-state index in [1.54, 1.807) is 0 Å². The number of rotatable bonds is 5. The highest BCUT2D eigenvalue weighted by Crippen LogP contribution is 2.35. The summed E-state index contributed by atoms with van der Waals surface area (Å²) in [4.78, 5) is 23.6. The van der Waals surface area contributed by atoms with Crippen LogP contribution in [0.1, 0.15) is 43.6 Å². The van der Waals surface area contributed by atoms with Crippen molar-refractivity contribution in [3.63, 3.8) is 0 Å². The lowest BCUT2D eigenvalue weighted by molar-refractivity contribution is -0.121. The molecule has 0 aliphatic heterocycles. The number of carbonyl (C=O) groups excluding carboxylic acids is 2. The number of amides is 3. The van der Waals surface area contributed by atoms with Gasteiger partial charge >= 0.3 is 6.03 Å². The lowest BCUT2D eigenvalue weighted by Crippen LogP contribution is -2.38. The SMILES string of the molecule is NC(=O)NC(=O)C(CC1CCCC1)c1ccc(-c2ccccc2)cc1. The van der Waals surface area contributed by atoms with Crippen molar-refractivity contribution in [1.82, 2.24) is 5.32 Å². The first-order valence-electron chi connectivity index (χ1n) is 8.89. The van der Waals surface area contributed by atoms with Crippen LogP contribution in [0.25, 0.3) is 11.1 Å². The zero-order valence-corrected chi connectivity index (χ0v) is 14.3. The number of nitrogens with two attached hydrogens (primary N) is 1. The van der Waals surface area contributed by atoms with Crippen LogP contribution in [0.2, 0.25) is 0 Å². The average Bonchev–Trinajstić information content (AvgIpc) is 3.13. The number of benzene rings is 2. The summed E-state index contributed by atoms with van der Waals surface area (Å²) in [6.07, 6.45) is 5.53. The summed E-state index contributed by atoms with van der Waals surface area (Å²) in [6.45, 7) is 0. The number of imide groups is 1. The molecule has 0 heterocycles. The highest BCUT2D eigenvalue weighted by atomic mass is 16.2. The maximum absolute atomic E-state index is 12.5. The first-order valence-corrected chi connectivity index (χ1v) is 8.89. The van der Waals surface area contributed by atoms with Gasteiger partial charge in [0, 0.05) is 0 Å². The van der Waals surface area contributed by atoms with Crippen LogP contribution < -0.4 is 11.1 Å². The van der Waals surface area contributed by atoms with Crippen molar-refractivity contribution in [2.75, 3.05) is 0 Å². The summed E-state index contributed by atoms with van der Waals surface area (Å²) in [6, 6.07) is 17.4. The Labute approximate surface area is 148 Å². The minimum absolute atomic E-state index is 0.299. The second-order valence-corrected chi connectivity index (χ2v) is 6.78. The summed E-state index contributed by atoms with van der Waals surface area (Å²) < 4.78 is 0. The van der Waals surface area contributed by atoms with E-state index in [4.69, 9.17) is 5.73 Å². The quantitative estimate of drug-likeness (QED) is 0.858. The number of hydrogen-bond donors (Lipinski definition) is 2. The molecule has 1 saturated carbocycles. The first kappa shape index (κ1) is 17.2. The van der Waals surface area contributed by atoms with Crippen LogP contribution in [0.15, 0.2) is 54.6 Å². The molecule has 4 heteroatoms. The van der Waals surface area contributed by atoms with Crippen LogP contribution in [0.5, 0.6) is 0 Å². The van der Waals surface area contributed by atoms with E-state index >= 15 is 0 Å². The molecule has 0 bridgehead atoms. The fraction of sp³-hybridized carbons (Fsp3) is 0.333. The van der Waals surface area contributed by atoms with E-state index in [0.717, 1.165) is 36.0 Å². The van der Waals surface area contributed by atoms with Gasteiger partial charge in [-0.1, -0.05) is 80.3 Å². The molecule has 3 rings (SSSR count). The van der Waals surface area contributed by atoms with Crippen molar-refractivity contribution < 1.29 is 9.59 Å². The number of hydrogen-bond acceptors (Lipinski definition) is 2. The van der Waals surface area contributed by atoms with Gasteiger partial charge in [-0.2, -0.15) is 0 Å². The lowest BCUT2D eigenvalue weighted by Gasteiger charge is -2.20. The van der Waals surface area contributed by atoms with Crippen LogP contribution in [0, 0.1) is 5.92 Å². The molecule has 1 aliphatic carbocycles. The van der Waals surface area contributed by atoms with Crippen molar-refractivity contribution in [1.29, 1.82) is 0 Å². The third-order valence-electron chi connectivity index (χ3n) is 5.03. The molecule has 1 atom stereocenters. The molecule has 3 N–H and O–H groups in total. The Morgan fingerprint density at radius 2 is 1.56 bits per heavy atom. The smallest absolute Gasteiger partial charge is 0.318 e. The van der Waals surface area contributed by atoms with Crippen molar-refractivity contribution in [2.45, 2.75) is 38.0 Å². The number of urea groups is 1. The van der Waals surface area contributed by atoms with Crippen LogP contribution in [0.3, 0.4) is 0 Å². The molecule has 0 saturated heterocycles. The fourth-order valence-corrected chi connectivity index (χ4v) is 3.72. The largest absolute Gasteiger partial charge is 0.351 e. The Bertz CT molecular complexity index is 719. The van der Waals surface area contributed by atoms with Gasteiger partial charge in [0.1, 0.15) is 0 Å². The number of primary amides is 1. The summed E-state index contributed by atoms with van der Waals surface area (Å²) in [7, 11) is 0. The third kappa shape index (κ3) is 4.47. The van der Waals surface area contributed by atoms with E-state index in [1.165, 1.54) is 12.8 Å². The van der Waals surface area contributed by atoms with E-state index in [2.05, 4.69) is 17.4 Å². The minimum atomic E-state index is -0.790. The van der Waals surface area contributed by atoms with Crippen molar-refractivity contribution in [3.05, 3.63) is 60.2 Å². The maximum atomic E-state index is 12.5. The Morgan fingerprint density at radius 1 is 0.960 bits per heavy atom. The van der Waals surface area contributed by atoms with Gasteiger partial charge in [-0.05, 0) is 29.0 Å². The van der Waals surface area contributed by atoms with Crippen LogP contribution in [-0.4, -0.2) is 11.9 Å². The molecular weight excluding hydrogens is 312 g/mol. The van der Waals surface area contributed by atoms with E-state index in [1.807, 2.05) is 42.5 Å². The van der Waals surface area contributed by atoms with Crippen molar-refractivity contribution in [3.8, 4) is 11.1 Å². The van der Waals surface area contributed by atoms with Gasteiger partial charge in [-0.3, -0.25) is 10.1 Å². The highest BCUT2D eigenvalue weighted by Gasteiger charge is 2.27. The van der Waals surface area contributed by atoms with Crippen LogP contribution >= 0.6 is 0 Å². The van der Waals surface area contributed by atoms with Gasteiger partial charge in [0.15, 0.2) is 0 Å². The van der Waals surface area contributed by atoms with Gasteiger partial charge in [0.25, 0.3) is 0 Å². The molecule has 1 fully saturated rings. The van der Waals surface area contributed by atoms with Gasteiger partial charge in [-0.15, -0.1) is 0 Å². The molecule has 0 aromatic heterocycles. The predicted molar refractivity (Wildman–Crippen MR) is 98.9 cm³/mol. The van der Waals surface area contributed by atoms with Gasteiger partial charge in [0.05, 0.1) is 5.92 Å². The molecule has 3 amide bonds. The molecule has 2 aromatic rings. The van der Waals surface area contributed by atoms with Gasteiger partial charge < -0.3 is 5.73 Å². The Kier molecular flexibility index (Phi) is 5.49. The molecular formula is C21H24N2O2. The zero-order valence-electron chi connectivity index (χ0n) is 14.3. The van der Waals surface area contributed by atoms with Gasteiger partial charge in [-0.25, -0.2) is 4.79 Å². The average molecular weight is 336 g/mol. The highest BCUT2D eigenvalue weighted by molar-refractivity contribution is 5.97. The lowest BCUT2D eigenvalue weighted by atomic mass is 9.86. The molecule has 0 spiro atoms. The maximum Gasteiger partial charge on any atom is 0.318 e. The fourth-order valence-electron chi connectivity index (χ4n) is 3.72. The summed E-state index contributed by atoms with van der Waals surface area (Å²) in [5.41, 5.74) is 8.33. The minimum Gasteiger partial charge on any atom is -0.351 e. The normalized spacial score (nSPS) is 15.7. The standard InChI is InChI=1S/C21H24N2O2/c22-21(25)23-20(24)19(14-15-6-4-5-7-15)18-12-10-17(11-13-18)16-8-2-1-3-9-16/h1-3,8-13,15,19H,4-7,14H2,(H3,22,23,24,25). The summed E-state index contributed by atoms with van der Waals surface area (Å²) in [5, 5.41) is 2.26. The molecule has 130 valence electrons. The van der Waals surface area contributed by atoms with E-state index < -0.39 is 6.03 Å². The van der Waals surface area contributed by atoms with Crippen molar-refractivity contribution >= 4 is 11.9 Å². The first-order chi connectivity index (χ1) is 12.1. The topological polar surface area (TPSA) is 72.2 Å². The van der Waals surface area contributed by atoms with Crippen LogP contribution in [-0.2, 0) is 4.79 Å². The molecule has 2 aromatic carbocycles. The van der Waals surface area contributed by atoms with E-state index in [9.17, 15) is 9.59 Å². The molecule has 4 nitrogen and oxygen atoms in total.